The van der Waals surface area contributed by atoms with Crippen LogP contribution in [0.3, 0.4) is 0 Å². The lowest BCUT2D eigenvalue weighted by atomic mass is 10.1. The number of aromatic nitrogens is 2. The minimum atomic E-state index is 0.232. The lowest BCUT2D eigenvalue weighted by molar-refractivity contribution is 0.0636. The molecule has 28 heavy (non-hydrogen) atoms. The lowest BCUT2D eigenvalue weighted by Crippen LogP contribution is -2.53. The van der Waals surface area contributed by atoms with E-state index in [1.165, 1.54) is 11.1 Å². The second-order valence-electron chi connectivity index (χ2n) is 7.64. The molecule has 0 unspecified atom stereocenters. The normalized spacial score (nSPS) is 18.2. The summed E-state index contributed by atoms with van der Waals surface area (Å²) in [4.78, 5) is 4.95. The lowest BCUT2D eigenvalue weighted by Gasteiger charge is -2.41. The summed E-state index contributed by atoms with van der Waals surface area (Å²) in [6.07, 6.45) is 7.10. The van der Waals surface area contributed by atoms with Gasteiger partial charge in [0, 0.05) is 57.1 Å². The van der Waals surface area contributed by atoms with E-state index in [-0.39, 0.29) is 6.61 Å². The highest BCUT2D eigenvalue weighted by Gasteiger charge is 2.26. The summed E-state index contributed by atoms with van der Waals surface area (Å²) in [6, 6.07) is 8.29. The Morgan fingerprint density at radius 1 is 1.29 bits per heavy atom. The van der Waals surface area contributed by atoms with Crippen molar-refractivity contribution in [1.29, 1.82) is 0 Å². The van der Waals surface area contributed by atoms with Crippen LogP contribution < -0.4 is 4.74 Å². The molecular formula is C22H32N4O2. The zero-order chi connectivity index (χ0) is 19.9. The van der Waals surface area contributed by atoms with Crippen LogP contribution in [0.5, 0.6) is 5.75 Å². The Kier molecular flexibility index (Phi) is 7.25. The first-order valence-corrected chi connectivity index (χ1v) is 9.98. The van der Waals surface area contributed by atoms with E-state index in [9.17, 15) is 5.11 Å². The van der Waals surface area contributed by atoms with Crippen molar-refractivity contribution >= 4 is 0 Å². The molecule has 1 aliphatic heterocycles. The molecule has 1 atom stereocenters. The van der Waals surface area contributed by atoms with Crippen molar-refractivity contribution in [3.63, 3.8) is 0 Å². The highest BCUT2D eigenvalue weighted by Crippen LogP contribution is 2.22. The maximum atomic E-state index is 9.48. The van der Waals surface area contributed by atoms with Crippen LogP contribution in [0.2, 0.25) is 0 Å². The average Bonchev–Trinajstić information content (AvgIpc) is 3.15. The molecule has 0 radical (unpaired) electrons. The molecule has 1 fully saturated rings. The number of para-hydroxylation sites is 2. The molecule has 2 heterocycles. The van der Waals surface area contributed by atoms with Gasteiger partial charge in [-0.1, -0.05) is 23.8 Å². The van der Waals surface area contributed by atoms with Crippen LogP contribution in [-0.4, -0.2) is 70.6 Å². The number of hydrogen-bond donors (Lipinski definition) is 1. The van der Waals surface area contributed by atoms with Gasteiger partial charge in [0.25, 0.3) is 0 Å². The first kappa shape index (κ1) is 20.6. The van der Waals surface area contributed by atoms with Crippen LogP contribution in [0.1, 0.15) is 25.8 Å². The van der Waals surface area contributed by atoms with Crippen molar-refractivity contribution in [3.8, 4) is 11.4 Å². The minimum Gasteiger partial charge on any atom is -0.494 e. The molecule has 0 spiro atoms. The number of aliphatic hydroxyl groups is 1. The fourth-order valence-corrected chi connectivity index (χ4v) is 3.71. The highest BCUT2D eigenvalue weighted by atomic mass is 16.5. The molecule has 1 saturated heterocycles. The molecule has 1 aromatic heterocycles. The Morgan fingerprint density at radius 2 is 2.11 bits per heavy atom. The largest absolute Gasteiger partial charge is 0.494 e. The van der Waals surface area contributed by atoms with Gasteiger partial charge in [-0.3, -0.25) is 9.80 Å². The van der Waals surface area contributed by atoms with E-state index in [0.29, 0.717) is 6.04 Å². The zero-order valence-corrected chi connectivity index (χ0v) is 17.2. The van der Waals surface area contributed by atoms with Crippen LogP contribution >= 0.6 is 0 Å². The van der Waals surface area contributed by atoms with Crippen molar-refractivity contribution < 1.29 is 9.84 Å². The Balaban J connectivity index is 1.64. The molecule has 1 aliphatic rings. The number of nitrogens with zero attached hydrogens (tertiary/aromatic N) is 4. The van der Waals surface area contributed by atoms with E-state index in [1.54, 1.807) is 7.11 Å². The third kappa shape index (κ3) is 5.22. The monoisotopic (exact) mass is 384 g/mol. The number of piperazine rings is 1. The fraction of sp³-hybridized carbons (Fsp3) is 0.500. The van der Waals surface area contributed by atoms with Gasteiger partial charge in [0.2, 0.25) is 0 Å². The molecule has 2 aromatic rings. The van der Waals surface area contributed by atoms with Crippen LogP contribution in [-0.2, 0) is 6.54 Å². The van der Waals surface area contributed by atoms with Crippen molar-refractivity contribution in [2.75, 3.05) is 39.9 Å². The molecule has 0 amide bonds. The number of hydrogen-bond acceptors (Lipinski definition) is 5. The predicted molar refractivity (Wildman–Crippen MR) is 112 cm³/mol. The summed E-state index contributed by atoms with van der Waals surface area (Å²) >= 11 is 0. The molecule has 0 saturated carbocycles. The molecule has 1 aromatic carbocycles. The molecule has 6 heteroatoms. The van der Waals surface area contributed by atoms with Crippen LogP contribution in [0.25, 0.3) is 5.69 Å². The second-order valence-corrected chi connectivity index (χ2v) is 7.64. The maximum absolute atomic E-state index is 9.48. The Labute approximate surface area is 168 Å². The van der Waals surface area contributed by atoms with Gasteiger partial charge in [-0.25, -0.2) is 4.68 Å². The fourth-order valence-electron chi connectivity index (χ4n) is 3.71. The highest BCUT2D eigenvalue weighted by molar-refractivity contribution is 5.46. The average molecular weight is 385 g/mol. The Morgan fingerprint density at radius 3 is 2.86 bits per heavy atom. The van der Waals surface area contributed by atoms with Gasteiger partial charge in [-0.15, -0.1) is 0 Å². The van der Waals surface area contributed by atoms with Gasteiger partial charge in [-0.2, -0.15) is 5.10 Å². The van der Waals surface area contributed by atoms with Crippen molar-refractivity contribution in [3.05, 3.63) is 53.9 Å². The van der Waals surface area contributed by atoms with Gasteiger partial charge < -0.3 is 9.84 Å². The minimum absolute atomic E-state index is 0.232. The summed E-state index contributed by atoms with van der Waals surface area (Å²) < 4.78 is 7.33. The maximum Gasteiger partial charge on any atom is 0.144 e. The van der Waals surface area contributed by atoms with E-state index in [0.717, 1.165) is 50.6 Å². The van der Waals surface area contributed by atoms with Gasteiger partial charge in [0.05, 0.1) is 13.3 Å². The third-order valence-electron chi connectivity index (χ3n) is 5.26. The number of ether oxygens (including phenoxy) is 1. The smallest absolute Gasteiger partial charge is 0.144 e. The molecule has 6 nitrogen and oxygen atoms in total. The van der Waals surface area contributed by atoms with Gasteiger partial charge in [0.15, 0.2) is 0 Å². The summed E-state index contributed by atoms with van der Waals surface area (Å²) in [7, 11) is 1.68. The number of rotatable bonds is 8. The number of aliphatic hydroxyl groups excluding tert-OH is 1. The molecule has 1 N–H and O–H groups in total. The third-order valence-corrected chi connectivity index (χ3v) is 5.26. The van der Waals surface area contributed by atoms with E-state index < -0.39 is 0 Å². The van der Waals surface area contributed by atoms with Crippen LogP contribution in [0.4, 0.5) is 0 Å². The second kappa shape index (κ2) is 9.87. The molecular weight excluding hydrogens is 352 g/mol. The predicted octanol–water partition coefficient (Wildman–Crippen LogP) is 2.72. The Bertz CT molecular complexity index is 782. The number of methoxy groups -OCH3 is 1. The van der Waals surface area contributed by atoms with Gasteiger partial charge >= 0.3 is 0 Å². The standard InChI is InChI=1S/C22H32N4O2/c1-18(2)8-10-25-12-11-24(17-20(25)9-13-27)15-19-14-23-26(16-19)21-6-4-5-7-22(21)28-3/h4-8,14,16,20,27H,9-13,15,17H2,1-3H3/t20-/m1/s1. The van der Waals surface area contributed by atoms with E-state index in [1.807, 2.05) is 35.1 Å². The molecule has 3 rings (SSSR count). The molecule has 0 bridgehead atoms. The van der Waals surface area contributed by atoms with Gasteiger partial charge in [-0.05, 0) is 32.4 Å². The summed E-state index contributed by atoms with van der Waals surface area (Å²) in [5, 5.41) is 14.0. The van der Waals surface area contributed by atoms with Gasteiger partial charge in [0.1, 0.15) is 11.4 Å². The number of benzene rings is 1. The molecule has 0 aliphatic carbocycles. The summed E-state index contributed by atoms with van der Waals surface area (Å²) in [5.41, 5.74) is 3.47. The topological polar surface area (TPSA) is 53.8 Å². The molecule has 152 valence electrons. The SMILES string of the molecule is COc1ccccc1-n1cc(CN2CCN(CC=C(C)C)[C@H](CCO)C2)cn1. The number of allylic oxidation sites excluding steroid dienone is 1. The quantitative estimate of drug-likeness (QED) is 0.709. The van der Waals surface area contributed by atoms with E-state index in [2.05, 4.69) is 41.0 Å². The van der Waals surface area contributed by atoms with Crippen LogP contribution in [0.15, 0.2) is 48.3 Å². The summed E-state index contributed by atoms with van der Waals surface area (Å²) in [6.45, 7) is 9.35. The Hall–Kier alpha value is -2.15. The van der Waals surface area contributed by atoms with Crippen molar-refractivity contribution in [1.82, 2.24) is 19.6 Å². The first-order valence-electron chi connectivity index (χ1n) is 9.98. The van der Waals surface area contributed by atoms with Crippen LogP contribution in [0, 0.1) is 0 Å². The zero-order valence-electron chi connectivity index (χ0n) is 17.2. The van der Waals surface area contributed by atoms with Crippen molar-refractivity contribution in [2.24, 2.45) is 0 Å². The van der Waals surface area contributed by atoms with E-state index >= 15 is 0 Å². The summed E-state index contributed by atoms with van der Waals surface area (Å²) in [5.74, 6) is 0.813. The van der Waals surface area contributed by atoms with E-state index in [4.69, 9.17) is 4.74 Å². The first-order chi connectivity index (χ1) is 13.6. The van der Waals surface area contributed by atoms with Crippen molar-refractivity contribution in [2.45, 2.75) is 32.9 Å².